The van der Waals surface area contributed by atoms with Gasteiger partial charge in [-0.2, -0.15) is 0 Å². The Morgan fingerprint density at radius 2 is 2.14 bits per heavy atom. The summed E-state index contributed by atoms with van der Waals surface area (Å²) < 4.78 is 0. The van der Waals surface area contributed by atoms with E-state index in [9.17, 15) is 9.90 Å². The lowest BCUT2D eigenvalue weighted by molar-refractivity contribution is 0.0849. The smallest absolute Gasteiger partial charge is 0.254 e. The third kappa shape index (κ3) is 4.48. The van der Waals surface area contributed by atoms with Gasteiger partial charge in [0.1, 0.15) is 5.82 Å². The molecule has 22 heavy (non-hydrogen) atoms. The molecule has 1 atom stereocenters. The Morgan fingerprint density at radius 3 is 2.77 bits per heavy atom. The fourth-order valence-electron chi connectivity index (χ4n) is 2.73. The molecule has 6 nitrogen and oxygen atoms in total. The number of aliphatic hydroxyl groups excluding tert-OH is 1. The predicted octanol–water partition coefficient (Wildman–Crippen LogP) is 1.18. The van der Waals surface area contributed by atoms with Gasteiger partial charge in [0.15, 0.2) is 0 Å². The van der Waals surface area contributed by atoms with Crippen molar-refractivity contribution in [2.45, 2.75) is 45.1 Å². The van der Waals surface area contributed by atoms with Gasteiger partial charge in [-0.3, -0.25) is 9.69 Å². The third-order valence-electron chi connectivity index (χ3n) is 4.09. The first-order valence-corrected chi connectivity index (χ1v) is 8.07. The first-order valence-electron chi connectivity index (χ1n) is 8.07. The SMILES string of the molecule is CC(C)c1ncc(C(=O)NCCN2CCCCC2CO)cn1. The normalized spacial score (nSPS) is 19.4. The van der Waals surface area contributed by atoms with Crippen molar-refractivity contribution in [3.05, 3.63) is 23.8 Å². The monoisotopic (exact) mass is 306 g/mol. The number of hydrogen-bond acceptors (Lipinski definition) is 5. The molecule has 0 spiro atoms. The number of aliphatic hydroxyl groups is 1. The lowest BCUT2D eigenvalue weighted by atomic mass is 10.0. The first kappa shape index (κ1) is 16.8. The number of carbonyl (C=O) groups is 1. The highest BCUT2D eigenvalue weighted by Gasteiger charge is 2.21. The third-order valence-corrected chi connectivity index (χ3v) is 4.09. The van der Waals surface area contributed by atoms with Crippen molar-refractivity contribution in [3.8, 4) is 0 Å². The standard InChI is InChI=1S/C16H26N4O2/c1-12(2)15-18-9-13(10-19-15)16(22)17-6-8-20-7-4-3-5-14(20)11-21/h9-10,12,14,21H,3-8,11H2,1-2H3,(H,17,22). The molecule has 1 fully saturated rings. The van der Waals surface area contributed by atoms with Crippen molar-refractivity contribution in [1.82, 2.24) is 20.2 Å². The molecule has 2 N–H and O–H groups in total. The lowest BCUT2D eigenvalue weighted by Gasteiger charge is -2.34. The molecule has 2 heterocycles. The largest absolute Gasteiger partial charge is 0.395 e. The Bertz CT molecular complexity index is 476. The molecule has 0 radical (unpaired) electrons. The van der Waals surface area contributed by atoms with Gasteiger partial charge < -0.3 is 10.4 Å². The zero-order chi connectivity index (χ0) is 15.9. The van der Waals surface area contributed by atoms with Gasteiger partial charge in [-0.1, -0.05) is 20.3 Å². The highest BCUT2D eigenvalue weighted by molar-refractivity contribution is 5.93. The average Bonchev–Trinajstić information content (AvgIpc) is 2.55. The maximum Gasteiger partial charge on any atom is 0.254 e. The number of carbonyl (C=O) groups excluding carboxylic acids is 1. The van der Waals surface area contributed by atoms with Crippen LogP contribution >= 0.6 is 0 Å². The van der Waals surface area contributed by atoms with Crippen LogP contribution in [0.15, 0.2) is 12.4 Å². The minimum Gasteiger partial charge on any atom is -0.395 e. The fraction of sp³-hybridized carbons (Fsp3) is 0.688. The van der Waals surface area contributed by atoms with Gasteiger partial charge in [0.25, 0.3) is 5.91 Å². The zero-order valence-corrected chi connectivity index (χ0v) is 13.5. The molecule has 6 heteroatoms. The van der Waals surface area contributed by atoms with Crippen LogP contribution in [0.3, 0.4) is 0 Å². The van der Waals surface area contributed by atoms with Crippen molar-refractivity contribution in [1.29, 1.82) is 0 Å². The summed E-state index contributed by atoms with van der Waals surface area (Å²) in [6, 6.07) is 0.235. The van der Waals surface area contributed by atoms with E-state index in [4.69, 9.17) is 0 Å². The van der Waals surface area contributed by atoms with Gasteiger partial charge in [-0.05, 0) is 19.4 Å². The number of amides is 1. The second-order valence-corrected chi connectivity index (χ2v) is 6.11. The molecule has 1 aliphatic heterocycles. The Balaban J connectivity index is 1.79. The number of nitrogens with one attached hydrogen (secondary N) is 1. The molecule has 2 rings (SSSR count). The fourth-order valence-corrected chi connectivity index (χ4v) is 2.73. The summed E-state index contributed by atoms with van der Waals surface area (Å²) in [5, 5.41) is 12.3. The van der Waals surface area contributed by atoms with Crippen LogP contribution in [0.2, 0.25) is 0 Å². The minimum atomic E-state index is -0.145. The van der Waals surface area contributed by atoms with Crippen LogP contribution < -0.4 is 5.32 Å². The second-order valence-electron chi connectivity index (χ2n) is 6.11. The van der Waals surface area contributed by atoms with Gasteiger partial charge in [0.05, 0.1) is 12.2 Å². The first-order chi connectivity index (χ1) is 10.6. The van der Waals surface area contributed by atoms with Gasteiger partial charge in [-0.15, -0.1) is 0 Å². The van der Waals surface area contributed by atoms with Crippen LogP contribution in [-0.4, -0.2) is 58.2 Å². The van der Waals surface area contributed by atoms with E-state index in [2.05, 4.69) is 20.2 Å². The van der Waals surface area contributed by atoms with Crippen LogP contribution in [0.5, 0.6) is 0 Å². The predicted molar refractivity (Wildman–Crippen MR) is 84.8 cm³/mol. The van der Waals surface area contributed by atoms with Crippen molar-refractivity contribution < 1.29 is 9.90 Å². The quantitative estimate of drug-likeness (QED) is 0.825. The van der Waals surface area contributed by atoms with Gasteiger partial charge in [-0.25, -0.2) is 9.97 Å². The van der Waals surface area contributed by atoms with E-state index in [0.717, 1.165) is 31.8 Å². The Labute approximate surface area is 132 Å². The van der Waals surface area contributed by atoms with E-state index in [1.54, 1.807) is 12.4 Å². The molecule has 1 aliphatic rings. The lowest BCUT2D eigenvalue weighted by Crippen LogP contribution is -2.45. The summed E-state index contributed by atoms with van der Waals surface area (Å²) in [5.74, 6) is 0.857. The van der Waals surface area contributed by atoms with E-state index in [0.29, 0.717) is 12.1 Å². The maximum atomic E-state index is 12.1. The maximum absolute atomic E-state index is 12.1. The zero-order valence-electron chi connectivity index (χ0n) is 13.5. The van der Waals surface area contributed by atoms with E-state index in [1.807, 2.05) is 13.8 Å². The van der Waals surface area contributed by atoms with E-state index in [1.165, 1.54) is 6.42 Å². The van der Waals surface area contributed by atoms with Crippen LogP contribution in [0.1, 0.15) is 55.2 Å². The summed E-state index contributed by atoms with van der Waals surface area (Å²) >= 11 is 0. The van der Waals surface area contributed by atoms with E-state index >= 15 is 0 Å². The number of aromatic nitrogens is 2. The number of hydrogen-bond donors (Lipinski definition) is 2. The molecule has 0 bridgehead atoms. The topological polar surface area (TPSA) is 78.4 Å². The molecule has 1 aromatic heterocycles. The molecule has 0 aliphatic carbocycles. The van der Waals surface area contributed by atoms with E-state index < -0.39 is 0 Å². The summed E-state index contributed by atoms with van der Waals surface area (Å²) in [4.78, 5) is 22.7. The highest BCUT2D eigenvalue weighted by atomic mass is 16.3. The molecular formula is C16H26N4O2. The number of rotatable bonds is 6. The second kappa shape index (κ2) is 8.19. The molecular weight excluding hydrogens is 280 g/mol. The van der Waals surface area contributed by atoms with Gasteiger partial charge in [0.2, 0.25) is 0 Å². The van der Waals surface area contributed by atoms with Crippen LogP contribution in [0.25, 0.3) is 0 Å². The van der Waals surface area contributed by atoms with Crippen molar-refractivity contribution >= 4 is 5.91 Å². The molecule has 1 aromatic rings. The molecule has 1 saturated heterocycles. The van der Waals surface area contributed by atoms with Crippen molar-refractivity contribution in [2.75, 3.05) is 26.2 Å². The summed E-state index contributed by atoms with van der Waals surface area (Å²) in [7, 11) is 0. The average molecular weight is 306 g/mol. The Hall–Kier alpha value is -1.53. The number of likely N-dealkylation sites (tertiary alicyclic amines) is 1. The highest BCUT2D eigenvalue weighted by Crippen LogP contribution is 2.15. The van der Waals surface area contributed by atoms with Crippen molar-refractivity contribution in [2.24, 2.45) is 0 Å². The van der Waals surface area contributed by atoms with Crippen molar-refractivity contribution in [3.63, 3.8) is 0 Å². The number of nitrogens with zero attached hydrogens (tertiary/aromatic N) is 3. The number of piperidine rings is 1. The Kier molecular flexibility index (Phi) is 6.27. The summed E-state index contributed by atoms with van der Waals surface area (Å²) in [6.45, 7) is 6.56. The summed E-state index contributed by atoms with van der Waals surface area (Å²) in [6.07, 6.45) is 6.53. The molecule has 0 saturated carbocycles. The Morgan fingerprint density at radius 1 is 1.41 bits per heavy atom. The van der Waals surface area contributed by atoms with Crippen LogP contribution in [0, 0.1) is 0 Å². The molecule has 122 valence electrons. The minimum absolute atomic E-state index is 0.145. The van der Waals surface area contributed by atoms with Gasteiger partial charge >= 0.3 is 0 Å². The molecule has 1 amide bonds. The van der Waals surface area contributed by atoms with Crippen LogP contribution in [0.4, 0.5) is 0 Å². The van der Waals surface area contributed by atoms with Gasteiger partial charge in [0, 0.05) is 37.4 Å². The molecule has 0 aromatic carbocycles. The molecule has 1 unspecified atom stereocenters. The van der Waals surface area contributed by atoms with E-state index in [-0.39, 0.29) is 24.5 Å². The summed E-state index contributed by atoms with van der Waals surface area (Å²) in [5.41, 5.74) is 0.488. The van der Waals surface area contributed by atoms with Crippen LogP contribution in [-0.2, 0) is 0 Å².